The molecule has 2 aromatic carbocycles. The van der Waals surface area contributed by atoms with Crippen LogP contribution in [0.3, 0.4) is 0 Å². The Balaban J connectivity index is 1.78. The molecule has 0 saturated carbocycles. The van der Waals surface area contributed by atoms with Crippen molar-refractivity contribution < 1.29 is 27.5 Å². The van der Waals surface area contributed by atoms with Crippen LogP contribution in [0.15, 0.2) is 36.4 Å². The zero-order chi connectivity index (χ0) is 28.0. The monoisotopic (exact) mass is 585 g/mol. The number of benzene rings is 2. The van der Waals surface area contributed by atoms with Crippen molar-refractivity contribution in [3.8, 4) is 11.5 Å². The van der Waals surface area contributed by atoms with E-state index in [1.165, 1.54) is 9.21 Å². The fraction of sp³-hybridized carbons (Fsp3) is 0.462. The average molecular weight is 587 g/mol. The molecule has 0 radical (unpaired) electrons. The fourth-order valence-electron chi connectivity index (χ4n) is 4.18. The van der Waals surface area contributed by atoms with E-state index in [2.05, 4.69) is 5.32 Å². The number of hydrogen-bond acceptors (Lipinski definition) is 6. The summed E-state index contributed by atoms with van der Waals surface area (Å²) in [5, 5.41) is 3.62. The molecule has 0 saturated heterocycles. The third-order valence-electron chi connectivity index (χ3n) is 5.95. The topological polar surface area (TPSA) is 105 Å². The summed E-state index contributed by atoms with van der Waals surface area (Å²) in [6.07, 6.45) is 1.78. The van der Waals surface area contributed by atoms with Crippen LogP contribution in [0, 0.1) is 0 Å². The smallest absolute Gasteiger partial charge is 0.243 e. The SMILES string of the molecule is CCC(C(=O)NC(C)C)N(Cc1ccc(Cl)c(Cl)c1)C(=O)CCCN(c1ccc2c(c1)OCO2)S(C)(=O)=O. The first-order chi connectivity index (χ1) is 17.9. The molecule has 9 nitrogen and oxygen atoms in total. The summed E-state index contributed by atoms with van der Waals surface area (Å²) in [4.78, 5) is 28.0. The first-order valence-electron chi connectivity index (χ1n) is 12.3. The maximum absolute atomic E-state index is 13.5. The Hall–Kier alpha value is -2.69. The second kappa shape index (κ2) is 12.9. The zero-order valence-electron chi connectivity index (χ0n) is 21.9. The largest absolute Gasteiger partial charge is 0.454 e. The van der Waals surface area contributed by atoms with Crippen molar-refractivity contribution in [2.75, 3.05) is 23.9 Å². The summed E-state index contributed by atoms with van der Waals surface area (Å²) in [6.45, 7) is 5.84. The molecule has 0 aromatic heterocycles. The number of carbonyl (C=O) groups excluding carboxylic acids is 2. The molecule has 1 aliphatic heterocycles. The van der Waals surface area contributed by atoms with Gasteiger partial charge in [-0.05, 0) is 56.5 Å². The van der Waals surface area contributed by atoms with E-state index in [1.807, 2.05) is 20.8 Å². The molecule has 2 aromatic rings. The van der Waals surface area contributed by atoms with E-state index >= 15 is 0 Å². The predicted molar refractivity (Wildman–Crippen MR) is 148 cm³/mol. The first kappa shape index (κ1) is 29.9. The van der Waals surface area contributed by atoms with Gasteiger partial charge in [-0.15, -0.1) is 0 Å². The lowest BCUT2D eigenvalue weighted by atomic mass is 10.1. The molecule has 12 heteroatoms. The molecule has 0 bridgehead atoms. The molecule has 0 aliphatic carbocycles. The Morgan fingerprint density at radius 2 is 1.76 bits per heavy atom. The third kappa shape index (κ3) is 7.68. The van der Waals surface area contributed by atoms with Crippen LogP contribution in [0.2, 0.25) is 10.0 Å². The van der Waals surface area contributed by atoms with Crippen LogP contribution >= 0.6 is 23.2 Å². The molecule has 38 heavy (non-hydrogen) atoms. The Labute approximate surface area is 234 Å². The van der Waals surface area contributed by atoms with E-state index in [0.717, 1.165) is 11.8 Å². The van der Waals surface area contributed by atoms with Gasteiger partial charge in [0, 0.05) is 31.6 Å². The summed E-state index contributed by atoms with van der Waals surface area (Å²) in [5.41, 5.74) is 1.14. The van der Waals surface area contributed by atoms with Crippen molar-refractivity contribution in [2.45, 2.75) is 58.7 Å². The van der Waals surface area contributed by atoms with Gasteiger partial charge in [-0.1, -0.05) is 36.2 Å². The Morgan fingerprint density at radius 3 is 2.39 bits per heavy atom. The van der Waals surface area contributed by atoms with Crippen LogP contribution in [-0.2, 0) is 26.2 Å². The van der Waals surface area contributed by atoms with Crippen molar-refractivity contribution in [3.63, 3.8) is 0 Å². The first-order valence-corrected chi connectivity index (χ1v) is 14.9. The van der Waals surface area contributed by atoms with Crippen molar-refractivity contribution in [2.24, 2.45) is 0 Å². The number of sulfonamides is 1. The van der Waals surface area contributed by atoms with Crippen molar-refractivity contribution in [1.82, 2.24) is 10.2 Å². The fourth-order valence-corrected chi connectivity index (χ4v) is 5.46. The number of nitrogens with zero attached hydrogens (tertiary/aromatic N) is 2. The third-order valence-corrected chi connectivity index (χ3v) is 7.88. The van der Waals surface area contributed by atoms with E-state index in [0.29, 0.717) is 33.7 Å². The molecule has 1 unspecified atom stereocenters. The van der Waals surface area contributed by atoms with Crippen molar-refractivity contribution >= 4 is 50.7 Å². The van der Waals surface area contributed by atoms with Crippen LogP contribution < -0.4 is 19.1 Å². The predicted octanol–water partition coefficient (Wildman–Crippen LogP) is 4.60. The summed E-state index contributed by atoms with van der Waals surface area (Å²) in [5.74, 6) is 0.470. The molecule has 0 fully saturated rings. The lowest BCUT2D eigenvalue weighted by molar-refractivity contribution is -0.141. The molecular weight excluding hydrogens is 553 g/mol. The van der Waals surface area contributed by atoms with Crippen LogP contribution in [0.1, 0.15) is 45.6 Å². The summed E-state index contributed by atoms with van der Waals surface area (Å²) >= 11 is 12.2. The second-order valence-corrected chi connectivity index (χ2v) is 12.1. The highest BCUT2D eigenvalue weighted by molar-refractivity contribution is 7.92. The Morgan fingerprint density at radius 1 is 1.05 bits per heavy atom. The van der Waals surface area contributed by atoms with Crippen molar-refractivity contribution in [1.29, 1.82) is 0 Å². The quantitative estimate of drug-likeness (QED) is 0.390. The maximum atomic E-state index is 13.5. The minimum Gasteiger partial charge on any atom is -0.454 e. The molecule has 1 aliphatic rings. The normalized spacial score (nSPS) is 13.3. The van der Waals surface area contributed by atoms with Crippen molar-refractivity contribution in [3.05, 3.63) is 52.0 Å². The number of rotatable bonds is 12. The van der Waals surface area contributed by atoms with Gasteiger partial charge in [0.25, 0.3) is 0 Å². The number of halogens is 2. The summed E-state index contributed by atoms with van der Waals surface area (Å²) in [7, 11) is -3.64. The average Bonchev–Trinajstić information content (AvgIpc) is 3.30. The number of amides is 2. The molecule has 1 heterocycles. The van der Waals surface area contributed by atoms with Gasteiger partial charge in [-0.2, -0.15) is 0 Å². The van der Waals surface area contributed by atoms with Gasteiger partial charge in [-0.3, -0.25) is 13.9 Å². The number of ether oxygens (including phenoxy) is 2. The number of nitrogens with one attached hydrogen (secondary N) is 1. The van der Waals surface area contributed by atoms with Crippen LogP contribution in [0.5, 0.6) is 11.5 Å². The van der Waals surface area contributed by atoms with Gasteiger partial charge >= 0.3 is 0 Å². The summed E-state index contributed by atoms with van der Waals surface area (Å²) < 4.78 is 37.1. The zero-order valence-corrected chi connectivity index (χ0v) is 24.2. The highest BCUT2D eigenvalue weighted by Crippen LogP contribution is 2.36. The second-order valence-electron chi connectivity index (χ2n) is 9.33. The minimum atomic E-state index is -3.64. The van der Waals surface area contributed by atoms with E-state index < -0.39 is 16.1 Å². The van der Waals surface area contributed by atoms with E-state index in [9.17, 15) is 18.0 Å². The lowest BCUT2D eigenvalue weighted by Crippen LogP contribution is -2.50. The van der Waals surface area contributed by atoms with Gasteiger partial charge in [0.1, 0.15) is 6.04 Å². The number of fused-ring (bicyclic) bond motifs is 1. The molecular formula is C26H33Cl2N3O6S. The molecule has 2 amide bonds. The highest BCUT2D eigenvalue weighted by Gasteiger charge is 2.29. The van der Waals surface area contributed by atoms with Gasteiger partial charge in [0.15, 0.2) is 11.5 Å². The Bertz CT molecular complexity index is 1270. The van der Waals surface area contributed by atoms with E-state index in [1.54, 1.807) is 36.4 Å². The van der Waals surface area contributed by atoms with Gasteiger partial charge in [0.05, 0.1) is 22.0 Å². The lowest BCUT2D eigenvalue weighted by Gasteiger charge is -2.31. The van der Waals surface area contributed by atoms with Gasteiger partial charge in [-0.25, -0.2) is 8.42 Å². The molecule has 1 N–H and O–H groups in total. The van der Waals surface area contributed by atoms with Gasteiger partial charge in [0.2, 0.25) is 28.6 Å². The van der Waals surface area contributed by atoms with Crippen LogP contribution in [-0.4, -0.2) is 56.8 Å². The van der Waals surface area contributed by atoms with Crippen LogP contribution in [0.4, 0.5) is 5.69 Å². The molecule has 3 rings (SSSR count). The number of carbonyl (C=O) groups is 2. The number of hydrogen-bond donors (Lipinski definition) is 1. The van der Waals surface area contributed by atoms with Crippen LogP contribution in [0.25, 0.3) is 0 Å². The molecule has 1 atom stereocenters. The Kier molecular flexibility index (Phi) is 10.1. The molecule has 0 spiro atoms. The summed E-state index contributed by atoms with van der Waals surface area (Å²) in [6, 6.07) is 9.16. The minimum absolute atomic E-state index is 0.0311. The maximum Gasteiger partial charge on any atom is 0.243 e. The van der Waals surface area contributed by atoms with E-state index in [4.69, 9.17) is 32.7 Å². The van der Waals surface area contributed by atoms with E-state index in [-0.39, 0.29) is 50.6 Å². The molecule has 208 valence electrons. The standard InChI is InChI=1S/C26H33Cl2N3O6S/c1-5-22(26(33)29-17(2)3)30(15-18-8-10-20(27)21(28)13-18)25(32)7-6-12-31(38(4,34)35)19-9-11-23-24(14-19)37-16-36-23/h8-11,13-14,17,22H,5-7,12,15-16H2,1-4H3,(H,29,33). The van der Waals surface area contributed by atoms with Gasteiger partial charge < -0.3 is 19.7 Å². The highest BCUT2D eigenvalue weighted by atomic mass is 35.5. The number of anilines is 1.